The van der Waals surface area contributed by atoms with Crippen LogP contribution in [0.15, 0.2) is 12.1 Å². The van der Waals surface area contributed by atoms with Crippen molar-refractivity contribution in [1.29, 1.82) is 0 Å². The first-order chi connectivity index (χ1) is 6.50. The van der Waals surface area contributed by atoms with E-state index >= 15 is 0 Å². The van der Waals surface area contributed by atoms with Gasteiger partial charge in [-0.3, -0.25) is 0 Å². The third-order valence-corrected chi connectivity index (χ3v) is 1.46. The standard InChI is InChI=1S/C8H6F5N/c9-4-1-6(11)7(2-5(4)10)14-3-8(12)13/h1-2,8,14H,3H2. The Morgan fingerprint density at radius 3 is 2.14 bits per heavy atom. The summed E-state index contributed by atoms with van der Waals surface area (Å²) < 4.78 is 61.0. The number of hydrogen-bond acceptors (Lipinski definition) is 1. The second-order valence-corrected chi connectivity index (χ2v) is 2.52. The second kappa shape index (κ2) is 4.26. The number of nitrogens with one attached hydrogen (secondary N) is 1. The average Bonchev–Trinajstić information content (AvgIpc) is 2.09. The third kappa shape index (κ3) is 2.58. The van der Waals surface area contributed by atoms with Gasteiger partial charge < -0.3 is 5.32 Å². The lowest BCUT2D eigenvalue weighted by Crippen LogP contribution is -2.11. The maximum atomic E-state index is 12.8. The van der Waals surface area contributed by atoms with E-state index in [9.17, 15) is 22.0 Å². The van der Waals surface area contributed by atoms with E-state index in [2.05, 4.69) is 0 Å². The number of halogens is 5. The monoisotopic (exact) mass is 211 g/mol. The molecule has 0 atom stereocenters. The molecule has 78 valence electrons. The predicted molar refractivity (Wildman–Crippen MR) is 40.8 cm³/mol. The fraction of sp³-hybridized carbons (Fsp3) is 0.250. The fourth-order valence-corrected chi connectivity index (χ4v) is 0.845. The predicted octanol–water partition coefficient (Wildman–Crippen LogP) is 2.78. The van der Waals surface area contributed by atoms with Crippen LogP contribution in [0.1, 0.15) is 0 Å². The van der Waals surface area contributed by atoms with Crippen LogP contribution in [0.25, 0.3) is 0 Å². The minimum atomic E-state index is -2.69. The Balaban J connectivity index is 2.82. The van der Waals surface area contributed by atoms with E-state index in [-0.39, 0.29) is 0 Å². The van der Waals surface area contributed by atoms with Crippen molar-refractivity contribution in [3.8, 4) is 0 Å². The van der Waals surface area contributed by atoms with Crippen molar-refractivity contribution in [2.75, 3.05) is 11.9 Å². The van der Waals surface area contributed by atoms with Crippen molar-refractivity contribution in [1.82, 2.24) is 0 Å². The van der Waals surface area contributed by atoms with Crippen LogP contribution in [-0.4, -0.2) is 13.0 Å². The van der Waals surface area contributed by atoms with E-state index in [0.717, 1.165) is 0 Å². The van der Waals surface area contributed by atoms with Crippen LogP contribution in [0.3, 0.4) is 0 Å². The summed E-state index contributed by atoms with van der Waals surface area (Å²) in [4.78, 5) is 0. The van der Waals surface area contributed by atoms with E-state index in [1.165, 1.54) is 0 Å². The molecule has 0 aliphatic carbocycles. The van der Waals surface area contributed by atoms with Crippen LogP contribution >= 0.6 is 0 Å². The summed E-state index contributed by atoms with van der Waals surface area (Å²) in [7, 11) is 0. The molecule has 6 heteroatoms. The lowest BCUT2D eigenvalue weighted by molar-refractivity contribution is 0.163. The lowest BCUT2D eigenvalue weighted by atomic mass is 10.3. The van der Waals surface area contributed by atoms with Gasteiger partial charge in [0.15, 0.2) is 11.6 Å². The molecular formula is C8H6F5N. The largest absolute Gasteiger partial charge is 0.377 e. The number of hydrogen-bond donors (Lipinski definition) is 1. The molecular weight excluding hydrogens is 205 g/mol. The van der Waals surface area contributed by atoms with Crippen molar-refractivity contribution in [3.05, 3.63) is 29.6 Å². The summed E-state index contributed by atoms with van der Waals surface area (Å²) in [5.74, 6) is -3.75. The molecule has 0 fully saturated rings. The summed E-state index contributed by atoms with van der Waals surface area (Å²) in [6.45, 7) is -0.817. The van der Waals surface area contributed by atoms with E-state index in [0.29, 0.717) is 12.1 Å². The van der Waals surface area contributed by atoms with Gasteiger partial charge in [-0.1, -0.05) is 0 Å². The molecule has 0 saturated heterocycles. The lowest BCUT2D eigenvalue weighted by Gasteiger charge is -2.06. The molecule has 1 rings (SSSR count). The zero-order valence-corrected chi connectivity index (χ0v) is 6.83. The first-order valence-electron chi connectivity index (χ1n) is 3.67. The average molecular weight is 211 g/mol. The summed E-state index contributed by atoms with van der Waals surface area (Å²) in [6.07, 6.45) is -2.69. The Morgan fingerprint density at radius 1 is 1.00 bits per heavy atom. The zero-order valence-electron chi connectivity index (χ0n) is 6.83. The summed E-state index contributed by atoms with van der Waals surface area (Å²) >= 11 is 0. The highest BCUT2D eigenvalue weighted by molar-refractivity contribution is 5.45. The molecule has 0 aliphatic heterocycles. The summed E-state index contributed by atoms with van der Waals surface area (Å²) in [5, 5.41) is 1.95. The SMILES string of the molecule is Fc1cc(F)c(NCC(F)F)cc1F. The Kier molecular flexibility index (Phi) is 3.27. The molecule has 0 unspecified atom stereocenters. The highest BCUT2D eigenvalue weighted by atomic mass is 19.3. The van der Waals surface area contributed by atoms with Gasteiger partial charge in [-0.2, -0.15) is 0 Å². The number of alkyl halides is 2. The maximum absolute atomic E-state index is 12.8. The van der Waals surface area contributed by atoms with Crippen LogP contribution in [0.5, 0.6) is 0 Å². The molecule has 0 radical (unpaired) electrons. The first kappa shape index (κ1) is 10.7. The van der Waals surface area contributed by atoms with Gasteiger partial charge in [0.05, 0.1) is 12.2 Å². The van der Waals surface area contributed by atoms with E-state index in [1.54, 1.807) is 0 Å². The van der Waals surface area contributed by atoms with Gasteiger partial charge in [-0.05, 0) is 0 Å². The van der Waals surface area contributed by atoms with Crippen LogP contribution in [-0.2, 0) is 0 Å². The molecule has 0 aromatic heterocycles. The van der Waals surface area contributed by atoms with E-state index in [4.69, 9.17) is 0 Å². The Bertz CT molecular complexity index is 326. The molecule has 1 nitrogen and oxygen atoms in total. The Labute approximate surface area is 76.5 Å². The third-order valence-electron chi connectivity index (χ3n) is 1.46. The topological polar surface area (TPSA) is 12.0 Å². The van der Waals surface area contributed by atoms with Crippen molar-refractivity contribution >= 4 is 5.69 Å². The number of rotatable bonds is 3. The highest BCUT2D eigenvalue weighted by Gasteiger charge is 2.10. The summed E-state index contributed by atoms with van der Waals surface area (Å²) in [5.41, 5.74) is -0.482. The molecule has 0 bridgehead atoms. The van der Waals surface area contributed by atoms with Crippen molar-refractivity contribution in [3.63, 3.8) is 0 Å². The Morgan fingerprint density at radius 2 is 1.57 bits per heavy atom. The molecule has 0 amide bonds. The number of benzene rings is 1. The van der Waals surface area contributed by atoms with Gasteiger partial charge in [0.1, 0.15) is 5.82 Å². The summed E-state index contributed by atoms with van der Waals surface area (Å²) in [6, 6.07) is 0.788. The molecule has 0 saturated carbocycles. The zero-order chi connectivity index (χ0) is 10.7. The quantitative estimate of drug-likeness (QED) is 0.598. The normalized spacial score (nSPS) is 10.7. The molecule has 1 N–H and O–H groups in total. The van der Waals surface area contributed by atoms with Crippen LogP contribution in [0.4, 0.5) is 27.6 Å². The Hall–Kier alpha value is -1.33. The highest BCUT2D eigenvalue weighted by Crippen LogP contribution is 2.18. The number of anilines is 1. The molecule has 1 aromatic carbocycles. The van der Waals surface area contributed by atoms with Gasteiger partial charge in [0, 0.05) is 12.1 Å². The van der Waals surface area contributed by atoms with Gasteiger partial charge in [-0.25, -0.2) is 22.0 Å². The van der Waals surface area contributed by atoms with Crippen LogP contribution in [0.2, 0.25) is 0 Å². The minimum Gasteiger partial charge on any atom is -0.377 e. The van der Waals surface area contributed by atoms with Gasteiger partial charge in [0.2, 0.25) is 0 Å². The van der Waals surface area contributed by atoms with E-state index in [1.807, 2.05) is 5.32 Å². The molecule has 0 heterocycles. The maximum Gasteiger partial charge on any atom is 0.255 e. The molecule has 0 spiro atoms. The van der Waals surface area contributed by atoms with Gasteiger partial charge in [0.25, 0.3) is 6.43 Å². The van der Waals surface area contributed by atoms with Crippen LogP contribution in [0, 0.1) is 17.5 Å². The van der Waals surface area contributed by atoms with Crippen molar-refractivity contribution < 1.29 is 22.0 Å². The first-order valence-corrected chi connectivity index (χ1v) is 3.67. The van der Waals surface area contributed by atoms with Gasteiger partial charge >= 0.3 is 0 Å². The van der Waals surface area contributed by atoms with E-state index < -0.39 is 36.1 Å². The van der Waals surface area contributed by atoms with Crippen molar-refractivity contribution in [2.24, 2.45) is 0 Å². The van der Waals surface area contributed by atoms with Gasteiger partial charge in [-0.15, -0.1) is 0 Å². The molecule has 14 heavy (non-hydrogen) atoms. The minimum absolute atomic E-state index is 0.295. The smallest absolute Gasteiger partial charge is 0.255 e. The fourth-order valence-electron chi connectivity index (χ4n) is 0.845. The second-order valence-electron chi connectivity index (χ2n) is 2.52. The van der Waals surface area contributed by atoms with Crippen molar-refractivity contribution in [2.45, 2.75) is 6.43 Å². The van der Waals surface area contributed by atoms with Crippen LogP contribution < -0.4 is 5.32 Å². The molecule has 0 aliphatic rings. The molecule has 1 aromatic rings.